The van der Waals surface area contributed by atoms with Gasteiger partial charge in [0.15, 0.2) is 0 Å². The lowest BCUT2D eigenvalue weighted by Crippen LogP contribution is -2.39. The molecule has 2 aromatic rings. The number of likely N-dealkylation sites (tertiary alicyclic amines) is 1. The molecule has 0 N–H and O–H groups in total. The third-order valence-corrected chi connectivity index (χ3v) is 6.01. The van der Waals surface area contributed by atoms with Crippen LogP contribution in [0.5, 0.6) is 0 Å². The Hall–Kier alpha value is -1.88. The van der Waals surface area contributed by atoms with Crippen molar-refractivity contribution in [2.24, 2.45) is 5.92 Å². The van der Waals surface area contributed by atoms with Gasteiger partial charge in [-0.05, 0) is 60.5 Å². The average molecular weight is 341 g/mol. The minimum atomic E-state index is 0.357. The van der Waals surface area contributed by atoms with Gasteiger partial charge in [0.05, 0.1) is 4.88 Å². The van der Waals surface area contributed by atoms with E-state index in [2.05, 4.69) is 44.5 Å². The molecule has 2 saturated heterocycles. The molecule has 4 nitrogen and oxygen atoms in total. The molecule has 1 aromatic heterocycles. The summed E-state index contributed by atoms with van der Waals surface area (Å²) in [7, 11) is 0. The summed E-state index contributed by atoms with van der Waals surface area (Å²) in [6.07, 6.45) is 6.01. The normalized spacial score (nSPS) is 19.2. The highest BCUT2D eigenvalue weighted by atomic mass is 32.1. The van der Waals surface area contributed by atoms with Crippen LogP contribution in [0.15, 0.2) is 36.5 Å². The second-order valence-corrected chi connectivity index (χ2v) is 7.63. The Labute approximate surface area is 147 Å². The molecule has 1 aromatic carbocycles. The predicted molar refractivity (Wildman–Crippen MR) is 98.3 cm³/mol. The SMILES string of the molecule is O=C1CCCN1CC1CCN(c2ccc(-c3ccns3)cc2)CC1. The van der Waals surface area contributed by atoms with Gasteiger partial charge in [-0.3, -0.25) is 4.79 Å². The fraction of sp³-hybridized carbons (Fsp3) is 0.474. The van der Waals surface area contributed by atoms with Gasteiger partial charge in [-0.25, -0.2) is 4.37 Å². The molecule has 0 atom stereocenters. The van der Waals surface area contributed by atoms with Crippen LogP contribution in [0.3, 0.4) is 0 Å². The lowest BCUT2D eigenvalue weighted by molar-refractivity contribution is -0.128. The quantitative estimate of drug-likeness (QED) is 0.852. The molecule has 4 rings (SSSR count). The van der Waals surface area contributed by atoms with Crippen LogP contribution >= 0.6 is 11.5 Å². The van der Waals surface area contributed by atoms with Crippen molar-refractivity contribution in [1.82, 2.24) is 9.27 Å². The first-order chi connectivity index (χ1) is 11.8. The van der Waals surface area contributed by atoms with Crippen molar-refractivity contribution in [2.75, 3.05) is 31.1 Å². The van der Waals surface area contributed by atoms with E-state index in [0.29, 0.717) is 11.8 Å². The Balaban J connectivity index is 1.33. The summed E-state index contributed by atoms with van der Waals surface area (Å²) in [6, 6.07) is 10.9. The first kappa shape index (κ1) is 15.6. The van der Waals surface area contributed by atoms with E-state index in [-0.39, 0.29) is 0 Å². The van der Waals surface area contributed by atoms with E-state index < -0.39 is 0 Å². The number of carbonyl (C=O) groups is 1. The molecule has 0 saturated carbocycles. The summed E-state index contributed by atoms with van der Waals surface area (Å²) >= 11 is 1.54. The summed E-state index contributed by atoms with van der Waals surface area (Å²) in [5.41, 5.74) is 2.54. The van der Waals surface area contributed by atoms with Crippen LogP contribution < -0.4 is 4.90 Å². The van der Waals surface area contributed by atoms with Crippen molar-refractivity contribution in [3.05, 3.63) is 36.5 Å². The Kier molecular flexibility index (Phi) is 4.52. The van der Waals surface area contributed by atoms with Gasteiger partial charge in [0, 0.05) is 44.5 Å². The zero-order valence-electron chi connectivity index (χ0n) is 13.9. The van der Waals surface area contributed by atoms with E-state index >= 15 is 0 Å². The number of aromatic nitrogens is 1. The third kappa shape index (κ3) is 3.31. The van der Waals surface area contributed by atoms with Crippen molar-refractivity contribution in [2.45, 2.75) is 25.7 Å². The number of benzene rings is 1. The molecule has 1 amide bonds. The Morgan fingerprint density at radius 3 is 2.50 bits per heavy atom. The monoisotopic (exact) mass is 341 g/mol. The molecule has 24 heavy (non-hydrogen) atoms. The zero-order chi connectivity index (χ0) is 16.4. The topological polar surface area (TPSA) is 36.4 Å². The van der Waals surface area contributed by atoms with Crippen LogP contribution in [0.4, 0.5) is 5.69 Å². The van der Waals surface area contributed by atoms with Crippen molar-refractivity contribution >= 4 is 23.1 Å². The number of piperidine rings is 1. The van der Waals surface area contributed by atoms with Gasteiger partial charge in [-0.15, -0.1) is 0 Å². The minimum absolute atomic E-state index is 0.357. The molecule has 0 spiro atoms. The molecule has 2 aliphatic rings. The van der Waals surface area contributed by atoms with E-state index in [0.717, 1.165) is 39.0 Å². The molecule has 0 aliphatic carbocycles. The molecule has 0 bridgehead atoms. The van der Waals surface area contributed by atoms with Crippen LogP contribution in [0.2, 0.25) is 0 Å². The maximum atomic E-state index is 11.8. The van der Waals surface area contributed by atoms with Gasteiger partial charge in [0.1, 0.15) is 0 Å². The number of amides is 1. The number of hydrogen-bond donors (Lipinski definition) is 0. The average Bonchev–Trinajstić information content (AvgIpc) is 3.29. The molecule has 126 valence electrons. The Bertz CT molecular complexity index is 675. The molecule has 0 unspecified atom stereocenters. The van der Waals surface area contributed by atoms with E-state index in [1.54, 1.807) is 0 Å². The van der Waals surface area contributed by atoms with Gasteiger partial charge in [0.25, 0.3) is 0 Å². The highest BCUT2D eigenvalue weighted by Crippen LogP contribution is 2.28. The summed E-state index contributed by atoms with van der Waals surface area (Å²) in [4.78, 5) is 17.5. The first-order valence-corrected chi connectivity index (χ1v) is 9.61. The fourth-order valence-corrected chi connectivity index (χ4v) is 4.38. The van der Waals surface area contributed by atoms with Gasteiger partial charge in [-0.1, -0.05) is 12.1 Å². The predicted octanol–water partition coefficient (Wildman–Crippen LogP) is 3.65. The standard InChI is InChI=1S/C19H23N3OS/c23-19-2-1-11-22(19)14-15-8-12-21(13-9-15)17-5-3-16(4-6-17)18-7-10-20-24-18/h3-7,10,15H,1-2,8-9,11-14H2. The maximum Gasteiger partial charge on any atom is 0.222 e. The van der Waals surface area contributed by atoms with E-state index in [4.69, 9.17) is 0 Å². The van der Waals surface area contributed by atoms with E-state index in [1.165, 1.54) is 40.5 Å². The summed E-state index contributed by atoms with van der Waals surface area (Å²) in [6.45, 7) is 4.12. The molecule has 0 radical (unpaired) electrons. The van der Waals surface area contributed by atoms with Crippen molar-refractivity contribution in [1.29, 1.82) is 0 Å². The molecule has 2 aliphatic heterocycles. The fourth-order valence-electron chi connectivity index (χ4n) is 3.78. The van der Waals surface area contributed by atoms with Crippen LogP contribution in [0.1, 0.15) is 25.7 Å². The number of carbonyl (C=O) groups excluding carboxylic acids is 1. The van der Waals surface area contributed by atoms with Crippen molar-refractivity contribution in [3.8, 4) is 10.4 Å². The summed E-state index contributed by atoms with van der Waals surface area (Å²) in [5, 5.41) is 0. The smallest absolute Gasteiger partial charge is 0.222 e. The number of nitrogens with zero attached hydrogens (tertiary/aromatic N) is 3. The highest BCUT2D eigenvalue weighted by Gasteiger charge is 2.26. The van der Waals surface area contributed by atoms with Gasteiger partial charge in [-0.2, -0.15) is 0 Å². The number of rotatable bonds is 4. The molecular weight excluding hydrogens is 318 g/mol. The van der Waals surface area contributed by atoms with E-state index in [9.17, 15) is 4.79 Å². The van der Waals surface area contributed by atoms with Gasteiger partial charge < -0.3 is 9.80 Å². The molecular formula is C19H23N3OS. The minimum Gasteiger partial charge on any atom is -0.372 e. The highest BCUT2D eigenvalue weighted by molar-refractivity contribution is 7.09. The number of hydrogen-bond acceptors (Lipinski definition) is 4. The molecule has 2 fully saturated rings. The van der Waals surface area contributed by atoms with Crippen LogP contribution in [0.25, 0.3) is 10.4 Å². The second-order valence-electron chi connectivity index (χ2n) is 6.80. The molecule has 5 heteroatoms. The van der Waals surface area contributed by atoms with Gasteiger partial charge >= 0.3 is 0 Å². The lowest BCUT2D eigenvalue weighted by atomic mass is 9.95. The Morgan fingerprint density at radius 2 is 1.88 bits per heavy atom. The van der Waals surface area contributed by atoms with Crippen LogP contribution in [0, 0.1) is 5.92 Å². The van der Waals surface area contributed by atoms with Crippen LogP contribution in [-0.2, 0) is 4.79 Å². The number of anilines is 1. The van der Waals surface area contributed by atoms with Crippen molar-refractivity contribution < 1.29 is 4.79 Å². The zero-order valence-corrected chi connectivity index (χ0v) is 14.7. The Morgan fingerprint density at radius 1 is 1.08 bits per heavy atom. The second kappa shape index (κ2) is 6.93. The summed E-state index contributed by atoms with van der Waals surface area (Å²) in [5.74, 6) is 1.02. The summed E-state index contributed by atoms with van der Waals surface area (Å²) < 4.78 is 4.17. The first-order valence-electron chi connectivity index (χ1n) is 8.83. The maximum absolute atomic E-state index is 11.8. The van der Waals surface area contributed by atoms with Crippen LogP contribution in [-0.4, -0.2) is 41.4 Å². The largest absolute Gasteiger partial charge is 0.372 e. The lowest BCUT2D eigenvalue weighted by Gasteiger charge is -2.35. The molecule has 3 heterocycles. The van der Waals surface area contributed by atoms with Crippen molar-refractivity contribution in [3.63, 3.8) is 0 Å². The van der Waals surface area contributed by atoms with Gasteiger partial charge in [0.2, 0.25) is 5.91 Å². The third-order valence-electron chi connectivity index (χ3n) is 5.22. The van der Waals surface area contributed by atoms with E-state index in [1.807, 2.05) is 6.20 Å².